The zero-order chi connectivity index (χ0) is 10.6. The van der Waals surface area contributed by atoms with E-state index in [1.54, 1.807) is 0 Å². The van der Waals surface area contributed by atoms with Crippen molar-refractivity contribution in [1.29, 1.82) is 0 Å². The van der Waals surface area contributed by atoms with Crippen molar-refractivity contribution in [2.24, 2.45) is 5.92 Å². The molecule has 0 heterocycles. The highest BCUT2D eigenvalue weighted by Crippen LogP contribution is 2.23. The minimum atomic E-state index is -0.484. The van der Waals surface area contributed by atoms with E-state index < -0.39 is 6.10 Å². The molecule has 0 fully saturated rings. The highest BCUT2D eigenvalue weighted by molar-refractivity contribution is 5.20. The van der Waals surface area contributed by atoms with Crippen LogP contribution in [-0.2, 0) is 0 Å². The number of rotatable bonds is 4. The maximum absolute atomic E-state index is 9.88. The molecule has 78 valence electrons. The molecule has 0 radical (unpaired) electrons. The van der Waals surface area contributed by atoms with Gasteiger partial charge in [-0.05, 0) is 5.56 Å². The average Bonchev–Trinajstić information content (AvgIpc) is 2.27. The maximum Gasteiger partial charge on any atom is 0.0653 e. The summed E-state index contributed by atoms with van der Waals surface area (Å²) in [6.45, 7) is 3.86. The van der Waals surface area contributed by atoms with Crippen molar-refractivity contribution < 1.29 is 10.2 Å². The minimum Gasteiger partial charge on any atom is -0.396 e. The van der Waals surface area contributed by atoms with Gasteiger partial charge in [0.2, 0.25) is 0 Å². The van der Waals surface area contributed by atoms with Crippen LogP contribution in [0.2, 0.25) is 0 Å². The predicted molar refractivity (Wildman–Crippen MR) is 57.1 cm³/mol. The molecule has 0 aliphatic carbocycles. The van der Waals surface area contributed by atoms with Crippen LogP contribution in [0.4, 0.5) is 0 Å². The first-order chi connectivity index (χ1) is 6.66. The van der Waals surface area contributed by atoms with Crippen LogP contribution in [0, 0.1) is 5.92 Å². The van der Waals surface area contributed by atoms with E-state index in [9.17, 15) is 5.11 Å². The van der Waals surface area contributed by atoms with Crippen LogP contribution in [0.25, 0.3) is 0 Å². The first-order valence-electron chi connectivity index (χ1n) is 5.00. The molecule has 0 aromatic heterocycles. The van der Waals surface area contributed by atoms with E-state index in [1.807, 2.05) is 44.2 Å². The van der Waals surface area contributed by atoms with Crippen LogP contribution in [0.15, 0.2) is 30.3 Å². The predicted octanol–water partition coefficient (Wildman–Crippen LogP) is 1.78. The van der Waals surface area contributed by atoms with Gasteiger partial charge in [0, 0.05) is 18.4 Å². The van der Waals surface area contributed by atoms with Crippen molar-refractivity contribution in [3.8, 4) is 0 Å². The van der Waals surface area contributed by atoms with Crippen molar-refractivity contribution in [2.45, 2.75) is 25.9 Å². The molecular formula is C12H18O2. The molecule has 0 amide bonds. The van der Waals surface area contributed by atoms with Crippen molar-refractivity contribution in [3.63, 3.8) is 0 Å². The van der Waals surface area contributed by atoms with E-state index in [-0.39, 0.29) is 18.4 Å². The van der Waals surface area contributed by atoms with E-state index in [2.05, 4.69) is 0 Å². The Bertz CT molecular complexity index is 258. The standard InChI is InChI=1S/C12H18O2/c1-9(8-13)12(14)10(2)11-6-4-3-5-7-11/h3-7,9-10,12-14H,8H2,1-2H3/t9-,10-,12-/m1/s1. The fraction of sp³-hybridized carbons (Fsp3) is 0.500. The largest absolute Gasteiger partial charge is 0.396 e. The second-order valence-corrected chi connectivity index (χ2v) is 3.85. The highest BCUT2D eigenvalue weighted by Gasteiger charge is 2.21. The SMILES string of the molecule is C[C@H](CO)[C@@H](O)[C@H](C)c1ccccc1. The van der Waals surface area contributed by atoms with Crippen LogP contribution in [0.3, 0.4) is 0 Å². The molecule has 2 nitrogen and oxygen atoms in total. The summed E-state index contributed by atoms with van der Waals surface area (Å²) in [6, 6.07) is 9.87. The van der Waals surface area contributed by atoms with Crippen LogP contribution >= 0.6 is 0 Å². The fourth-order valence-corrected chi connectivity index (χ4v) is 1.55. The Morgan fingerprint density at radius 3 is 2.21 bits per heavy atom. The van der Waals surface area contributed by atoms with Gasteiger partial charge in [-0.3, -0.25) is 0 Å². The number of hydrogen-bond donors (Lipinski definition) is 2. The Balaban J connectivity index is 2.70. The molecule has 1 rings (SSSR count). The molecule has 1 aromatic rings. The van der Waals surface area contributed by atoms with Gasteiger partial charge in [-0.25, -0.2) is 0 Å². The van der Waals surface area contributed by atoms with Crippen LogP contribution in [-0.4, -0.2) is 22.9 Å². The van der Waals surface area contributed by atoms with Gasteiger partial charge in [0.1, 0.15) is 0 Å². The summed E-state index contributed by atoms with van der Waals surface area (Å²) >= 11 is 0. The quantitative estimate of drug-likeness (QED) is 0.767. The van der Waals surface area contributed by atoms with Gasteiger partial charge in [0.15, 0.2) is 0 Å². The van der Waals surface area contributed by atoms with Crippen molar-refractivity contribution in [1.82, 2.24) is 0 Å². The van der Waals surface area contributed by atoms with Gasteiger partial charge in [-0.15, -0.1) is 0 Å². The summed E-state index contributed by atoms with van der Waals surface area (Å²) in [5.74, 6) is -0.0106. The highest BCUT2D eigenvalue weighted by atomic mass is 16.3. The lowest BCUT2D eigenvalue weighted by atomic mass is 9.88. The molecule has 0 saturated heterocycles. The molecule has 1 aromatic carbocycles. The summed E-state index contributed by atoms with van der Waals surface area (Å²) in [7, 11) is 0. The third-order valence-electron chi connectivity index (χ3n) is 2.71. The molecule has 0 bridgehead atoms. The monoisotopic (exact) mass is 194 g/mol. The molecule has 3 atom stereocenters. The second-order valence-electron chi connectivity index (χ2n) is 3.85. The summed E-state index contributed by atoms with van der Waals surface area (Å²) in [6.07, 6.45) is -0.484. The summed E-state index contributed by atoms with van der Waals surface area (Å²) < 4.78 is 0. The van der Waals surface area contributed by atoms with E-state index >= 15 is 0 Å². The van der Waals surface area contributed by atoms with Gasteiger partial charge in [0.05, 0.1) is 6.10 Å². The van der Waals surface area contributed by atoms with Gasteiger partial charge in [-0.2, -0.15) is 0 Å². The zero-order valence-electron chi connectivity index (χ0n) is 8.72. The Morgan fingerprint density at radius 2 is 1.71 bits per heavy atom. The maximum atomic E-state index is 9.88. The van der Waals surface area contributed by atoms with Crippen LogP contribution < -0.4 is 0 Å². The Morgan fingerprint density at radius 1 is 1.14 bits per heavy atom. The molecule has 0 unspecified atom stereocenters. The van der Waals surface area contributed by atoms with Gasteiger partial charge in [-0.1, -0.05) is 44.2 Å². The molecule has 0 aliphatic heterocycles. The van der Waals surface area contributed by atoms with E-state index in [0.29, 0.717) is 0 Å². The van der Waals surface area contributed by atoms with E-state index in [0.717, 1.165) is 5.56 Å². The molecule has 0 aliphatic rings. The third-order valence-corrected chi connectivity index (χ3v) is 2.71. The molecule has 0 saturated carbocycles. The van der Waals surface area contributed by atoms with Crippen molar-refractivity contribution in [3.05, 3.63) is 35.9 Å². The van der Waals surface area contributed by atoms with E-state index in [1.165, 1.54) is 0 Å². The second kappa shape index (κ2) is 5.13. The third kappa shape index (κ3) is 2.56. The summed E-state index contributed by atoms with van der Waals surface area (Å²) in [5.41, 5.74) is 1.11. The number of hydrogen-bond acceptors (Lipinski definition) is 2. The Labute approximate surface area is 85.2 Å². The van der Waals surface area contributed by atoms with Crippen molar-refractivity contribution in [2.75, 3.05) is 6.61 Å². The van der Waals surface area contributed by atoms with Crippen LogP contribution in [0.5, 0.6) is 0 Å². The molecule has 0 spiro atoms. The number of aliphatic hydroxyl groups is 2. The van der Waals surface area contributed by atoms with Crippen LogP contribution in [0.1, 0.15) is 25.3 Å². The number of benzene rings is 1. The lowest BCUT2D eigenvalue weighted by molar-refractivity contribution is 0.0598. The topological polar surface area (TPSA) is 40.5 Å². The Hall–Kier alpha value is -0.860. The zero-order valence-corrected chi connectivity index (χ0v) is 8.72. The number of aliphatic hydroxyl groups excluding tert-OH is 2. The van der Waals surface area contributed by atoms with E-state index in [4.69, 9.17) is 5.11 Å². The molecule has 14 heavy (non-hydrogen) atoms. The van der Waals surface area contributed by atoms with Gasteiger partial charge >= 0.3 is 0 Å². The smallest absolute Gasteiger partial charge is 0.0653 e. The molecule has 2 heteroatoms. The summed E-state index contributed by atoms with van der Waals surface area (Å²) in [4.78, 5) is 0. The van der Waals surface area contributed by atoms with Gasteiger partial charge in [0.25, 0.3) is 0 Å². The fourth-order valence-electron chi connectivity index (χ4n) is 1.55. The first-order valence-corrected chi connectivity index (χ1v) is 5.00. The summed E-state index contributed by atoms with van der Waals surface area (Å²) in [5, 5.41) is 18.8. The van der Waals surface area contributed by atoms with Crippen molar-refractivity contribution >= 4 is 0 Å². The lowest BCUT2D eigenvalue weighted by Crippen LogP contribution is -2.26. The molecule has 2 N–H and O–H groups in total. The average molecular weight is 194 g/mol. The minimum absolute atomic E-state index is 0.0261. The van der Waals surface area contributed by atoms with Gasteiger partial charge < -0.3 is 10.2 Å². The lowest BCUT2D eigenvalue weighted by Gasteiger charge is -2.23. The normalized spacial score (nSPS) is 17.4. The molecular weight excluding hydrogens is 176 g/mol. The first kappa shape index (κ1) is 11.2. The Kier molecular flexibility index (Phi) is 4.11.